The van der Waals surface area contributed by atoms with Crippen molar-refractivity contribution in [3.05, 3.63) is 66.4 Å². The van der Waals surface area contributed by atoms with E-state index in [1.807, 2.05) is 66.7 Å². The summed E-state index contributed by atoms with van der Waals surface area (Å²) in [5.74, 6) is 0.149. The van der Waals surface area contributed by atoms with Crippen LogP contribution in [0.3, 0.4) is 0 Å². The molecule has 0 unspecified atom stereocenters. The van der Waals surface area contributed by atoms with Gasteiger partial charge in [-0.25, -0.2) is 9.97 Å². The van der Waals surface area contributed by atoms with Crippen LogP contribution in [-0.2, 0) is 0 Å². The average Bonchev–Trinajstić information content (AvgIpc) is 2.56. The number of nitrogen functional groups attached to an aromatic ring is 1. The number of rotatable bonds is 2. The van der Waals surface area contributed by atoms with Gasteiger partial charge < -0.3 is 5.73 Å². The molecule has 0 radical (unpaired) electrons. The van der Waals surface area contributed by atoms with Crippen LogP contribution >= 0.6 is 0 Å². The first-order chi connectivity index (χ1) is 10.3. The van der Waals surface area contributed by atoms with E-state index < -0.39 is 0 Å². The maximum atomic E-state index is 9.12. The second-order valence-corrected chi connectivity index (χ2v) is 4.50. The number of hydrogen-bond donors (Lipinski definition) is 1. The van der Waals surface area contributed by atoms with E-state index >= 15 is 0 Å². The average molecular weight is 272 g/mol. The highest BCUT2D eigenvalue weighted by molar-refractivity contribution is 5.79. The largest absolute Gasteiger partial charge is 0.381 e. The minimum absolute atomic E-state index is 0.147. The third kappa shape index (κ3) is 2.45. The molecule has 0 fully saturated rings. The van der Waals surface area contributed by atoms with Crippen LogP contribution in [0.5, 0.6) is 0 Å². The lowest BCUT2D eigenvalue weighted by molar-refractivity contribution is 1.18. The van der Waals surface area contributed by atoms with Crippen molar-refractivity contribution in [2.75, 3.05) is 5.73 Å². The molecule has 3 aromatic rings. The van der Waals surface area contributed by atoms with Crippen LogP contribution in [0.2, 0.25) is 0 Å². The second kappa shape index (κ2) is 5.43. The Morgan fingerprint density at radius 3 is 1.71 bits per heavy atom. The molecule has 100 valence electrons. The molecule has 1 aromatic heterocycles. The van der Waals surface area contributed by atoms with Crippen LogP contribution in [-0.4, -0.2) is 9.97 Å². The lowest BCUT2D eigenvalue weighted by atomic mass is 10.0. The van der Waals surface area contributed by atoms with E-state index in [0.29, 0.717) is 11.4 Å². The highest BCUT2D eigenvalue weighted by Crippen LogP contribution is 2.30. The monoisotopic (exact) mass is 272 g/mol. The maximum Gasteiger partial charge on any atom is 0.183 e. The van der Waals surface area contributed by atoms with E-state index in [2.05, 4.69) is 9.97 Å². The number of nitrogens with zero attached hydrogens (tertiary/aromatic N) is 3. The minimum Gasteiger partial charge on any atom is -0.381 e. The summed E-state index contributed by atoms with van der Waals surface area (Å²) >= 11 is 0. The van der Waals surface area contributed by atoms with Gasteiger partial charge >= 0.3 is 0 Å². The van der Waals surface area contributed by atoms with E-state index in [1.54, 1.807) is 0 Å². The SMILES string of the molecule is N#Cc1nc(-c2ccccc2)c(-c2ccccc2)nc1N. The molecule has 0 bridgehead atoms. The molecule has 2 aromatic carbocycles. The fourth-order valence-electron chi connectivity index (χ4n) is 2.13. The van der Waals surface area contributed by atoms with Gasteiger partial charge in [-0.3, -0.25) is 0 Å². The molecule has 2 N–H and O–H groups in total. The van der Waals surface area contributed by atoms with E-state index in [4.69, 9.17) is 11.0 Å². The van der Waals surface area contributed by atoms with Gasteiger partial charge in [-0.2, -0.15) is 5.26 Å². The van der Waals surface area contributed by atoms with E-state index in [0.717, 1.165) is 11.1 Å². The Hall–Kier alpha value is -3.19. The predicted molar refractivity (Wildman–Crippen MR) is 82.0 cm³/mol. The minimum atomic E-state index is 0.147. The molecule has 3 rings (SSSR count). The first-order valence-corrected chi connectivity index (χ1v) is 6.48. The molecule has 21 heavy (non-hydrogen) atoms. The van der Waals surface area contributed by atoms with Gasteiger partial charge in [0.15, 0.2) is 11.5 Å². The Bertz CT molecular complexity index is 805. The molecule has 0 saturated heterocycles. The molecule has 0 aliphatic rings. The van der Waals surface area contributed by atoms with Crippen molar-refractivity contribution in [3.63, 3.8) is 0 Å². The zero-order chi connectivity index (χ0) is 14.7. The first kappa shape index (κ1) is 12.8. The van der Waals surface area contributed by atoms with Crippen LogP contribution in [0.15, 0.2) is 60.7 Å². The van der Waals surface area contributed by atoms with Gasteiger partial charge in [-0.1, -0.05) is 60.7 Å². The number of benzene rings is 2. The van der Waals surface area contributed by atoms with Crippen LogP contribution in [0, 0.1) is 11.3 Å². The van der Waals surface area contributed by atoms with Gasteiger partial charge in [0.05, 0.1) is 11.4 Å². The Morgan fingerprint density at radius 2 is 1.24 bits per heavy atom. The molecule has 0 amide bonds. The summed E-state index contributed by atoms with van der Waals surface area (Å²) in [6.07, 6.45) is 0. The van der Waals surface area contributed by atoms with E-state index in [9.17, 15) is 0 Å². The number of anilines is 1. The molecule has 4 nitrogen and oxygen atoms in total. The predicted octanol–water partition coefficient (Wildman–Crippen LogP) is 3.26. The highest BCUT2D eigenvalue weighted by atomic mass is 14.9. The summed E-state index contributed by atoms with van der Waals surface area (Å²) in [5.41, 5.74) is 9.13. The van der Waals surface area contributed by atoms with Crippen molar-refractivity contribution < 1.29 is 0 Å². The third-order valence-electron chi connectivity index (χ3n) is 3.12. The summed E-state index contributed by atoms with van der Waals surface area (Å²) in [5, 5.41) is 9.12. The fraction of sp³-hybridized carbons (Fsp3) is 0. The smallest absolute Gasteiger partial charge is 0.183 e. The summed E-state index contributed by atoms with van der Waals surface area (Å²) in [6, 6.07) is 21.3. The van der Waals surface area contributed by atoms with Crippen LogP contribution in [0.4, 0.5) is 5.82 Å². The lowest BCUT2D eigenvalue weighted by Crippen LogP contribution is -2.03. The fourth-order valence-corrected chi connectivity index (χ4v) is 2.13. The Balaban J connectivity index is 2.29. The Labute approximate surface area is 122 Å². The van der Waals surface area contributed by atoms with Gasteiger partial charge in [0.1, 0.15) is 6.07 Å². The molecule has 0 spiro atoms. The molecule has 1 heterocycles. The molecule has 0 saturated carbocycles. The summed E-state index contributed by atoms with van der Waals surface area (Å²) in [6.45, 7) is 0. The zero-order valence-corrected chi connectivity index (χ0v) is 11.2. The molecule has 0 aliphatic heterocycles. The summed E-state index contributed by atoms with van der Waals surface area (Å²) < 4.78 is 0. The Morgan fingerprint density at radius 1 is 0.762 bits per heavy atom. The molecule has 0 atom stereocenters. The van der Waals surface area contributed by atoms with Crippen LogP contribution < -0.4 is 5.73 Å². The van der Waals surface area contributed by atoms with Crippen LogP contribution in [0.1, 0.15) is 5.69 Å². The highest BCUT2D eigenvalue weighted by Gasteiger charge is 2.14. The molecule has 0 aliphatic carbocycles. The first-order valence-electron chi connectivity index (χ1n) is 6.48. The normalized spacial score (nSPS) is 10.0. The van der Waals surface area contributed by atoms with Crippen molar-refractivity contribution in [2.45, 2.75) is 0 Å². The molecular formula is C17H12N4. The summed E-state index contributed by atoms with van der Waals surface area (Å²) in [7, 11) is 0. The number of aromatic nitrogens is 2. The van der Waals surface area contributed by atoms with Crippen molar-refractivity contribution in [3.8, 4) is 28.6 Å². The maximum absolute atomic E-state index is 9.12. The van der Waals surface area contributed by atoms with Gasteiger partial charge in [0.2, 0.25) is 0 Å². The van der Waals surface area contributed by atoms with E-state index in [-0.39, 0.29) is 11.5 Å². The summed E-state index contributed by atoms with van der Waals surface area (Å²) in [4.78, 5) is 8.77. The molecule has 4 heteroatoms. The number of hydrogen-bond acceptors (Lipinski definition) is 4. The van der Waals surface area contributed by atoms with E-state index in [1.165, 1.54) is 0 Å². The van der Waals surface area contributed by atoms with Gasteiger partial charge in [-0.05, 0) is 0 Å². The lowest BCUT2D eigenvalue weighted by Gasteiger charge is -2.10. The molecular weight excluding hydrogens is 260 g/mol. The Kier molecular flexibility index (Phi) is 3.32. The van der Waals surface area contributed by atoms with Gasteiger partial charge in [0.25, 0.3) is 0 Å². The topological polar surface area (TPSA) is 75.6 Å². The second-order valence-electron chi connectivity index (χ2n) is 4.50. The zero-order valence-electron chi connectivity index (χ0n) is 11.2. The van der Waals surface area contributed by atoms with Crippen molar-refractivity contribution in [1.29, 1.82) is 5.26 Å². The van der Waals surface area contributed by atoms with Crippen molar-refractivity contribution in [1.82, 2.24) is 9.97 Å². The van der Waals surface area contributed by atoms with Gasteiger partial charge in [0, 0.05) is 11.1 Å². The number of nitriles is 1. The van der Waals surface area contributed by atoms with Crippen LogP contribution in [0.25, 0.3) is 22.5 Å². The van der Waals surface area contributed by atoms with Crippen molar-refractivity contribution >= 4 is 5.82 Å². The van der Waals surface area contributed by atoms with Gasteiger partial charge in [-0.15, -0.1) is 0 Å². The number of nitrogens with two attached hydrogens (primary N) is 1. The van der Waals surface area contributed by atoms with Crippen molar-refractivity contribution in [2.24, 2.45) is 0 Å². The quantitative estimate of drug-likeness (QED) is 0.776. The third-order valence-corrected chi connectivity index (χ3v) is 3.12. The standard InChI is InChI=1S/C17H12N4/c18-11-14-17(19)21-16(13-9-5-2-6-10-13)15(20-14)12-7-3-1-4-8-12/h1-10H,(H2,19,21).